The molecular formula is C18H18N2O5. The van der Waals surface area contributed by atoms with Gasteiger partial charge in [0.2, 0.25) is 0 Å². The van der Waals surface area contributed by atoms with E-state index in [4.69, 9.17) is 4.42 Å². The molecule has 130 valence electrons. The molecule has 25 heavy (non-hydrogen) atoms. The first kappa shape index (κ1) is 16.8. The first-order chi connectivity index (χ1) is 12.1. The molecule has 7 heteroatoms. The number of hydrogen-bond acceptors (Lipinski definition) is 4. The zero-order chi connectivity index (χ0) is 17.8. The van der Waals surface area contributed by atoms with Crippen molar-refractivity contribution >= 4 is 17.8 Å². The fourth-order valence-corrected chi connectivity index (χ4v) is 2.87. The Morgan fingerprint density at radius 3 is 2.60 bits per heavy atom. The van der Waals surface area contributed by atoms with Gasteiger partial charge in [0.05, 0.1) is 6.26 Å². The summed E-state index contributed by atoms with van der Waals surface area (Å²) in [6.07, 6.45) is 2.61. The molecule has 3 rings (SSSR count). The summed E-state index contributed by atoms with van der Waals surface area (Å²) in [4.78, 5) is 36.9. The van der Waals surface area contributed by atoms with Crippen LogP contribution in [0.2, 0.25) is 0 Å². The zero-order valence-electron chi connectivity index (χ0n) is 13.5. The van der Waals surface area contributed by atoms with Crippen molar-refractivity contribution < 1.29 is 23.9 Å². The van der Waals surface area contributed by atoms with Crippen LogP contribution in [-0.4, -0.2) is 40.4 Å². The van der Waals surface area contributed by atoms with E-state index in [0.717, 1.165) is 5.56 Å². The quantitative estimate of drug-likeness (QED) is 0.864. The van der Waals surface area contributed by atoms with Crippen LogP contribution in [-0.2, 0) is 11.3 Å². The average Bonchev–Trinajstić information content (AvgIpc) is 3.30. The number of rotatable bonds is 5. The lowest BCUT2D eigenvalue weighted by atomic mass is 10.1. The summed E-state index contributed by atoms with van der Waals surface area (Å²) in [5.41, 5.74) is 1.27. The molecule has 1 aromatic carbocycles. The highest BCUT2D eigenvalue weighted by atomic mass is 16.4. The van der Waals surface area contributed by atoms with E-state index in [1.54, 1.807) is 36.4 Å². The van der Waals surface area contributed by atoms with Gasteiger partial charge < -0.3 is 19.7 Å². The van der Waals surface area contributed by atoms with Gasteiger partial charge in [-0.3, -0.25) is 9.59 Å². The van der Waals surface area contributed by atoms with Crippen molar-refractivity contribution in [1.82, 2.24) is 10.2 Å². The standard InChI is InChI=1S/C18H18N2O5/c21-16(15-4-2-10-25-15)19-11-12-5-7-13(8-6-12)17(22)20-9-1-3-14(20)18(23)24/h2,4-8,10,14H,1,3,9,11H2,(H,19,21)(H,23,24). The minimum atomic E-state index is -0.969. The average molecular weight is 342 g/mol. The Morgan fingerprint density at radius 2 is 1.96 bits per heavy atom. The summed E-state index contributed by atoms with van der Waals surface area (Å²) < 4.78 is 5.01. The van der Waals surface area contributed by atoms with Crippen LogP contribution in [0.1, 0.15) is 39.3 Å². The SMILES string of the molecule is O=C(NCc1ccc(C(=O)N2CCCC2C(=O)O)cc1)c1ccco1. The summed E-state index contributed by atoms with van der Waals surface area (Å²) in [5.74, 6) is -1.33. The maximum absolute atomic E-state index is 12.5. The maximum atomic E-state index is 12.5. The highest BCUT2D eigenvalue weighted by molar-refractivity contribution is 5.97. The largest absolute Gasteiger partial charge is 0.480 e. The second-order valence-corrected chi connectivity index (χ2v) is 5.85. The van der Waals surface area contributed by atoms with Crippen molar-refractivity contribution in [3.05, 3.63) is 59.5 Å². The Kier molecular flexibility index (Phi) is 4.83. The van der Waals surface area contributed by atoms with Crippen molar-refractivity contribution in [2.45, 2.75) is 25.4 Å². The number of carboxylic acids is 1. The van der Waals surface area contributed by atoms with Crippen molar-refractivity contribution in [2.75, 3.05) is 6.54 Å². The van der Waals surface area contributed by atoms with E-state index in [0.29, 0.717) is 31.5 Å². The summed E-state index contributed by atoms with van der Waals surface area (Å²) in [6.45, 7) is 0.756. The molecule has 1 saturated heterocycles. The van der Waals surface area contributed by atoms with Gasteiger partial charge in [0.15, 0.2) is 5.76 Å². The summed E-state index contributed by atoms with van der Waals surface area (Å²) in [5, 5.41) is 11.9. The lowest BCUT2D eigenvalue weighted by Crippen LogP contribution is -2.40. The Bertz CT molecular complexity index is 767. The number of carbonyl (C=O) groups is 3. The van der Waals surface area contributed by atoms with Crippen molar-refractivity contribution in [3.8, 4) is 0 Å². The predicted molar refractivity (Wildman–Crippen MR) is 88.0 cm³/mol. The van der Waals surface area contributed by atoms with Crippen LogP contribution in [0.15, 0.2) is 47.1 Å². The molecule has 0 bridgehead atoms. The van der Waals surface area contributed by atoms with Crippen molar-refractivity contribution in [1.29, 1.82) is 0 Å². The van der Waals surface area contributed by atoms with Crippen LogP contribution < -0.4 is 5.32 Å². The molecule has 1 aliphatic heterocycles. The number of nitrogens with one attached hydrogen (secondary N) is 1. The second-order valence-electron chi connectivity index (χ2n) is 5.85. The van der Waals surface area contributed by atoms with E-state index >= 15 is 0 Å². The smallest absolute Gasteiger partial charge is 0.326 e. The Hall–Kier alpha value is -3.09. The molecule has 7 nitrogen and oxygen atoms in total. The van der Waals surface area contributed by atoms with E-state index in [2.05, 4.69) is 5.32 Å². The number of hydrogen-bond donors (Lipinski definition) is 2. The molecule has 2 aromatic rings. The zero-order valence-corrected chi connectivity index (χ0v) is 13.5. The topological polar surface area (TPSA) is 99.9 Å². The van der Waals surface area contributed by atoms with Gasteiger partial charge in [0.25, 0.3) is 11.8 Å². The summed E-state index contributed by atoms with van der Waals surface area (Å²) in [7, 11) is 0. The number of nitrogens with zero attached hydrogens (tertiary/aromatic N) is 1. The van der Waals surface area contributed by atoms with Gasteiger partial charge in [-0.1, -0.05) is 12.1 Å². The first-order valence-corrected chi connectivity index (χ1v) is 8.00. The number of carbonyl (C=O) groups excluding carboxylic acids is 2. The molecule has 1 fully saturated rings. The first-order valence-electron chi connectivity index (χ1n) is 8.00. The van der Waals surface area contributed by atoms with E-state index in [1.807, 2.05) is 0 Å². The van der Waals surface area contributed by atoms with Gasteiger partial charge in [-0.2, -0.15) is 0 Å². The Morgan fingerprint density at radius 1 is 1.20 bits per heavy atom. The third kappa shape index (κ3) is 3.71. The Labute approximate surface area is 144 Å². The molecule has 0 saturated carbocycles. The second kappa shape index (κ2) is 7.21. The molecule has 1 atom stereocenters. The number of furan rings is 1. The Balaban J connectivity index is 1.61. The normalized spacial score (nSPS) is 16.6. The van der Waals surface area contributed by atoms with Crippen molar-refractivity contribution in [2.24, 2.45) is 0 Å². The molecule has 1 aromatic heterocycles. The molecule has 1 aliphatic rings. The van der Waals surface area contributed by atoms with Crippen molar-refractivity contribution in [3.63, 3.8) is 0 Å². The minimum Gasteiger partial charge on any atom is -0.480 e. The maximum Gasteiger partial charge on any atom is 0.326 e. The van der Waals surface area contributed by atoms with E-state index in [9.17, 15) is 19.5 Å². The van der Waals surface area contributed by atoms with Gasteiger partial charge in [-0.05, 0) is 42.7 Å². The molecule has 2 amide bonds. The van der Waals surface area contributed by atoms with Crippen LogP contribution >= 0.6 is 0 Å². The van der Waals surface area contributed by atoms with Crippen LogP contribution in [0.3, 0.4) is 0 Å². The van der Waals surface area contributed by atoms with Gasteiger partial charge in [-0.15, -0.1) is 0 Å². The highest BCUT2D eigenvalue weighted by Gasteiger charge is 2.34. The van der Waals surface area contributed by atoms with Crippen LogP contribution in [0.25, 0.3) is 0 Å². The fraction of sp³-hybridized carbons (Fsp3) is 0.278. The van der Waals surface area contributed by atoms with Crippen LogP contribution in [0.4, 0.5) is 0 Å². The third-order valence-electron chi connectivity index (χ3n) is 4.20. The van der Waals surface area contributed by atoms with Gasteiger partial charge >= 0.3 is 5.97 Å². The molecule has 1 unspecified atom stereocenters. The van der Waals surface area contributed by atoms with E-state index in [-0.39, 0.29) is 17.6 Å². The summed E-state index contributed by atoms with van der Waals surface area (Å²) >= 11 is 0. The molecule has 0 radical (unpaired) electrons. The van der Waals surface area contributed by atoms with Gasteiger partial charge in [-0.25, -0.2) is 4.79 Å². The third-order valence-corrected chi connectivity index (χ3v) is 4.20. The summed E-state index contributed by atoms with van der Waals surface area (Å²) in [6, 6.07) is 9.23. The van der Waals surface area contributed by atoms with Crippen LogP contribution in [0, 0.1) is 0 Å². The number of carboxylic acid groups (broad SMARTS) is 1. The number of likely N-dealkylation sites (tertiary alicyclic amines) is 1. The lowest BCUT2D eigenvalue weighted by Gasteiger charge is -2.21. The van der Waals surface area contributed by atoms with Gasteiger partial charge in [0, 0.05) is 18.7 Å². The molecule has 2 heterocycles. The monoisotopic (exact) mass is 342 g/mol. The molecule has 0 aliphatic carbocycles. The van der Waals surface area contributed by atoms with Gasteiger partial charge in [0.1, 0.15) is 6.04 Å². The predicted octanol–water partition coefficient (Wildman–Crippen LogP) is 1.90. The molecule has 2 N–H and O–H groups in total. The van der Waals surface area contributed by atoms with E-state index in [1.165, 1.54) is 11.2 Å². The lowest BCUT2D eigenvalue weighted by molar-refractivity contribution is -0.141. The number of aliphatic carboxylic acids is 1. The van der Waals surface area contributed by atoms with E-state index < -0.39 is 12.0 Å². The number of benzene rings is 1. The molecule has 0 spiro atoms. The highest BCUT2D eigenvalue weighted by Crippen LogP contribution is 2.20. The fourth-order valence-electron chi connectivity index (χ4n) is 2.87. The number of amides is 2. The van der Waals surface area contributed by atoms with Crippen LogP contribution in [0.5, 0.6) is 0 Å². The minimum absolute atomic E-state index is 0.237. The molecular weight excluding hydrogens is 324 g/mol.